The summed E-state index contributed by atoms with van der Waals surface area (Å²) in [6.45, 7) is 2.08. The van der Waals surface area contributed by atoms with Crippen LogP contribution < -0.4 is 0 Å². The van der Waals surface area contributed by atoms with Crippen LogP contribution >= 0.6 is 11.8 Å². The molecular weight excluding hydrogens is 120 g/mol. The monoisotopic (exact) mass is 130 g/mol. The van der Waals surface area contributed by atoms with E-state index in [9.17, 15) is 0 Å². The van der Waals surface area contributed by atoms with E-state index in [0.717, 1.165) is 11.5 Å². The summed E-state index contributed by atoms with van der Waals surface area (Å²) in [6.07, 6.45) is 0. The molecule has 0 heterocycles. The Morgan fingerprint density at radius 2 is 2.38 bits per heavy atom. The van der Waals surface area contributed by atoms with E-state index in [-0.39, 0.29) is 6.61 Å². The molecule has 0 aromatic rings. The van der Waals surface area contributed by atoms with E-state index in [1.807, 2.05) is 6.92 Å². The molecule has 46 valence electrons. The smallest absolute Gasteiger partial charge is 0.0548 e. The second kappa shape index (κ2) is 6.87. The molecule has 0 aliphatic rings. The van der Waals surface area contributed by atoms with Gasteiger partial charge in [0.25, 0.3) is 0 Å². The lowest BCUT2D eigenvalue weighted by atomic mass is 10.7. The first-order valence-electron chi connectivity index (χ1n) is 2.50. The molecule has 0 atom stereocenters. The van der Waals surface area contributed by atoms with E-state index in [2.05, 4.69) is 11.8 Å². The summed E-state index contributed by atoms with van der Waals surface area (Å²) in [5.74, 6) is 7.30. The number of thioether (sulfide) groups is 1. The van der Waals surface area contributed by atoms with Crippen LogP contribution in [0.1, 0.15) is 6.92 Å². The van der Waals surface area contributed by atoms with Crippen molar-refractivity contribution >= 4 is 11.8 Å². The van der Waals surface area contributed by atoms with E-state index in [4.69, 9.17) is 5.11 Å². The minimum Gasteiger partial charge on any atom is -0.396 e. The Morgan fingerprint density at radius 3 is 2.88 bits per heavy atom. The van der Waals surface area contributed by atoms with Gasteiger partial charge >= 0.3 is 0 Å². The Labute approximate surface area is 54.5 Å². The molecule has 0 rings (SSSR count). The number of hydrogen-bond donors (Lipinski definition) is 1. The third-order valence-corrected chi connectivity index (χ3v) is 1.41. The van der Waals surface area contributed by atoms with Gasteiger partial charge in [0, 0.05) is 5.75 Å². The van der Waals surface area contributed by atoms with Gasteiger partial charge in [-0.1, -0.05) is 5.92 Å². The molecule has 2 heteroatoms. The minimum absolute atomic E-state index is 0.260. The normalized spacial score (nSPS) is 7.75. The van der Waals surface area contributed by atoms with Gasteiger partial charge in [-0.2, -0.15) is 0 Å². The number of hydrogen-bond acceptors (Lipinski definition) is 2. The highest BCUT2D eigenvalue weighted by molar-refractivity contribution is 7.99. The number of aliphatic hydroxyl groups excluding tert-OH is 1. The fourth-order valence-corrected chi connectivity index (χ4v) is 0.780. The first-order valence-corrected chi connectivity index (χ1v) is 3.65. The number of aliphatic hydroxyl groups is 1. The Hall–Kier alpha value is -0.130. The second-order valence-electron chi connectivity index (χ2n) is 1.20. The fraction of sp³-hybridized carbons (Fsp3) is 0.667. The van der Waals surface area contributed by atoms with Crippen molar-refractivity contribution in [3.8, 4) is 11.8 Å². The maximum atomic E-state index is 8.30. The molecule has 0 saturated carbocycles. The molecule has 0 aliphatic carbocycles. The zero-order chi connectivity index (χ0) is 6.24. The van der Waals surface area contributed by atoms with Gasteiger partial charge in [-0.15, -0.1) is 17.7 Å². The van der Waals surface area contributed by atoms with Crippen molar-refractivity contribution in [3.05, 3.63) is 0 Å². The van der Waals surface area contributed by atoms with Gasteiger partial charge in [0.2, 0.25) is 0 Å². The molecule has 0 radical (unpaired) electrons. The van der Waals surface area contributed by atoms with Crippen molar-refractivity contribution in [1.82, 2.24) is 0 Å². The molecular formula is C6H10OS. The van der Waals surface area contributed by atoms with Gasteiger partial charge in [0.15, 0.2) is 0 Å². The molecule has 0 unspecified atom stereocenters. The predicted octanol–water partition coefficient (Wildman–Crippen LogP) is 0.735. The SMILES string of the molecule is CC#CCSCCO. The van der Waals surface area contributed by atoms with Crippen molar-refractivity contribution < 1.29 is 5.11 Å². The molecule has 0 aromatic heterocycles. The topological polar surface area (TPSA) is 20.2 Å². The molecule has 0 spiro atoms. The highest BCUT2D eigenvalue weighted by Gasteiger charge is 1.78. The zero-order valence-corrected chi connectivity index (χ0v) is 5.79. The standard InChI is InChI=1S/C6H10OS/c1-2-3-5-8-6-4-7/h7H,4-6H2,1H3. The van der Waals surface area contributed by atoms with E-state index in [0.29, 0.717) is 0 Å². The second-order valence-corrected chi connectivity index (χ2v) is 2.31. The quantitative estimate of drug-likeness (QED) is 0.449. The maximum absolute atomic E-state index is 8.30. The van der Waals surface area contributed by atoms with E-state index in [1.165, 1.54) is 0 Å². The van der Waals surface area contributed by atoms with Crippen LogP contribution in [0.15, 0.2) is 0 Å². The molecule has 0 fully saturated rings. The highest BCUT2D eigenvalue weighted by Crippen LogP contribution is 1.94. The molecule has 1 nitrogen and oxygen atoms in total. The molecule has 0 aliphatic heterocycles. The van der Waals surface area contributed by atoms with Crippen LogP contribution in [0.4, 0.5) is 0 Å². The molecule has 8 heavy (non-hydrogen) atoms. The lowest BCUT2D eigenvalue weighted by Crippen LogP contribution is -1.85. The predicted molar refractivity (Wildman–Crippen MR) is 37.9 cm³/mol. The van der Waals surface area contributed by atoms with Crippen LogP contribution in [0, 0.1) is 11.8 Å². The Bertz CT molecular complexity index is 90.4. The lowest BCUT2D eigenvalue weighted by molar-refractivity contribution is 0.322. The minimum atomic E-state index is 0.260. The van der Waals surface area contributed by atoms with Crippen LogP contribution in [0.3, 0.4) is 0 Å². The summed E-state index contributed by atoms with van der Waals surface area (Å²) in [6, 6.07) is 0. The summed E-state index contributed by atoms with van der Waals surface area (Å²) < 4.78 is 0. The third-order valence-electron chi connectivity index (χ3n) is 0.587. The largest absolute Gasteiger partial charge is 0.396 e. The van der Waals surface area contributed by atoms with Crippen molar-refractivity contribution in [3.63, 3.8) is 0 Å². The summed E-state index contributed by atoms with van der Waals surface area (Å²) >= 11 is 1.65. The summed E-state index contributed by atoms with van der Waals surface area (Å²) in [5, 5.41) is 8.30. The van der Waals surface area contributed by atoms with Gasteiger partial charge in [-0.25, -0.2) is 0 Å². The first-order chi connectivity index (χ1) is 3.91. The molecule has 0 saturated heterocycles. The van der Waals surface area contributed by atoms with Crippen LogP contribution in [-0.2, 0) is 0 Å². The van der Waals surface area contributed by atoms with Gasteiger partial charge in [-0.05, 0) is 6.92 Å². The van der Waals surface area contributed by atoms with Crippen LogP contribution in [0.25, 0.3) is 0 Å². The van der Waals surface area contributed by atoms with Crippen molar-refractivity contribution in [2.45, 2.75) is 6.92 Å². The van der Waals surface area contributed by atoms with Gasteiger partial charge in [0.05, 0.1) is 12.4 Å². The molecule has 0 bridgehead atoms. The average Bonchev–Trinajstić information content (AvgIpc) is 1.81. The zero-order valence-electron chi connectivity index (χ0n) is 4.98. The van der Waals surface area contributed by atoms with Gasteiger partial charge < -0.3 is 5.11 Å². The van der Waals surface area contributed by atoms with Crippen molar-refractivity contribution in [2.75, 3.05) is 18.1 Å². The summed E-state index contributed by atoms with van der Waals surface area (Å²) in [4.78, 5) is 0. The molecule has 0 aromatic carbocycles. The Kier molecular flexibility index (Phi) is 6.76. The van der Waals surface area contributed by atoms with Crippen molar-refractivity contribution in [1.29, 1.82) is 0 Å². The van der Waals surface area contributed by atoms with Gasteiger partial charge in [0.1, 0.15) is 0 Å². The molecule has 0 amide bonds. The molecule has 1 N–H and O–H groups in total. The number of rotatable bonds is 3. The van der Waals surface area contributed by atoms with E-state index < -0.39 is 0 Å². The van der Waals surface area contributed by atoms with Crippen LogP contribution in [0.5, 0.6) is 0 Å². The van der Waals surface area contributed by atoms with Crippen LogP contribution in [0.2, 0.25) is 0 Å². The average molecular weight is 130 g/mol. The maximum Gasteiger partial charge on any atom is 0.0548 e. The Morgan fingerprint density at radius 1 is 1.62 bits per heavy atom. The van der Waals surface area contributed by atoms with Gasteiger partial charge in [-0.3, -0.25) is 0 Å². The lowest BCUT2D eigenvalue weighted by Gasteiger charge is -1.87. The summed E-state index contributed by atoms with van der Waals surface area (Å²) in [5.41, 5.74) is 0. The Balaban J connectivity index is 2.79. The van der Waals surface area contributed by atoms with Crippen LogP contribution in [-0.4, -0.2) is 23.2 Å². The van der Waals surface area contributed by atoms with Crippen molar-refractivity contribution in [2.24, 2.45) is 0 Å². The van der Waals surface area contributed by atoms with E-state index in [1.54, 1.807) is 11.8 Å². The highest BCUT2D eigenvalue weighted by atomic mass is 32.2. The fourth-order valence-electron chi connectivity index (χ4n) is 0.260. The summed E-state index contributed by atoms with van der Waals surface area (Å²) in [7, 11) is 0. The van der Waals surface area contributed by atoms with E-state index >= 15 is 0 Å². The third kappa shape index (κ3) is 5.87. The first kappa shape index (κ1) is 7.87.